The molecule has 4 rings (SSSR count). The molecule has 1 N–H and O–H groups in total. The number of rotatable bonds is 3. The normalized spacial score (nSPS) is 22.1. The molecule has 2 aliphatic heterocycles. The van der Waals surface area contributed by atoms with Crippen LogP contribution >= 0.6 is 0 Å². The van der Waals surface area contributed by atoms with Crippen molar-refractivity contribution >= 4 is 11.8 Å². The molecule has 0 bridgehead atoms. The summed E-state index contributed by atoms with van der Waals surface area (Å²) >= 11 is 0. The van der Waals surface area contributed by atoms with Crippen molar-refractivity contribution in [1.29, 1.82) is 0 Å². The first-order valence-electron chi connectivity index (χ1n) is 9.96. The fourth-order valence-electron chi connectivity index (χ4n) is 4.71. The lowest BCUT2D eigenvalue weighted by Crippen LogP contribution is -2.61. The van der Waals surface area contributed by atoms with Crippen molar-refractivity contribution in [2.24, 2.45) is 0 Å². The van der Waals surface area contributed by atoms with Crippen LogP contribution in [0.4, 0.5) is 0 Å². The van der Waals surface area contributed by atoms with E-state index in [0.29, 0.717) is 18.7 Å². The number of piperidine rings is 1. The van der Waals surface area contributed by atoms with Crippen molar-refractivity contribution in [2.45, 2.75) is 44.7 Å². The Labute approximate surface area is 165 Å². The zero-order valence-electron chi connectivity index (χ0n) is 16.2. The largest absolute Gasteiger partial charge is 0.508 e. The van der Waals surface area contributed by atoms with Crippen LogP contribution in [0.5, 0.6) is 5.75 Å². The predicted octanol–water partition coefficient (Wildman–Crippen LogP) is 3.50. The molecule has 2 aromatic rings. The van der Waals surface area contributed by atoms with Gasteiger partial charge in [-0.2, -0.15) is 0 Å². The van der Waals surface area contributed by atoms with Crippen LogP contribution in [0.15, 0.2) is 48.5 Å². The molecule has 0 aliphatic carbocycles. The number of benzene rings is 2. The van der Waals surface area contributed by atoms with Gasteiger partial charge in [-0.05, 0) is 61.9 Å². The summed E-state index contributed by atoms with van der Waals surface area (Å²) in [5, 5.41) is 9.66. The number of aryl methyl sites for hydroxylation is 1. The van der Waals surface area contributed by atoms with Crippen LogP contribution < -0.4 is 0 Å². The molecule has 0 radical (unpaired) electrons. The molecule has 2 amide bonds. The van der Waals surface area contributed by atoms with Crippen molar-refractivity contribution in [2.75, 3.05) is 13.1 Å². The number of amides is 2. The minimum absolute atomic E-state index is 0.0740. The fourth-order valence-corrected chi connectivity index (χ4v) is 4.71. The molecule has 1 unspecified atom stereocenters. The number of hydrogen-bond acceptors (Lipinski definition) is 3. The van der Waals surface area contributed by atoms with Gasteiger partial charge in [0.2, 0.25) is 5.91 Å². The van der Waals surface area contributed by atoms with Crippen LogP contribution in [0.1, 0.15) is 47.2 Å². The Bertz CT molecular complexity index is 896. The molecule has 2 heterocycles. The van der Waals surface area contributed by atoms with Crippen molar-refractivity contribution in [3.8, 4) is 5.75 Å². The van der Waals surface area contributed by atoms with E-state index < -0.39 is 5.54 Å². The summed E-state index contributed by atoms with van der Waals surface area (Å²) in [6.45, 7) is 3.74. The van der Waals surface area contributed by atoms with E-state index in [-0.39, 0.29) is 17.6 Å². The second-order valence-corrected chi connectivity index (χ2v) is 7.91. The number of hydrogen-bond donors (Lipinski definition) is 1. The van der Waals surface area contributed by atoms with E-state index in [2.05, 4.69) is 0 Å². The van der Waals surface area contributed by atoms with Crippen molar-refractivity contribution in [1.82, 2.24) is 9.80 Å². The van der Waals surface area contributed by atoms with Crippen LogP contribution in [0.2, 0.25) is 0 Å². The van der Waals surface area contributed by atoms with Gasteiger partial charge >= 0.3 is 0 Å². The first kappa shape index (κ1) is 18.5. The summed E-state index contributed by atoms with van der Waals surface area (Å²) < 4.78 is 0. The maximum absolute atomic E-state index is 13.5. The fraction of sp³-hybridized carbons (Fsp3) is 0.391. The minimum atomic E-state index is -0.728. The summed E-state index contributed by atoms with van der Waals surface area (Å²) in [6.07, 6.45) is 3.19. The molecule has 1 spiro atoms. The standard InChI is InChI=1S/C23H26N2O3/c1-17-15-19(26)9-10-20(17)21(27)25-14-6-12-23(25)11-5-13-24(22(23)28)16-18-7-3-2-4-8-18/h2-4,7-10,15,26H,5-6,11-14,16H2,1H3. The van der Waals surface area contributed by atoms with Gasteiger partial charge in [-0.1, -0.05) is 30.3 Å². The SMILES string of the molecule is Cc1cc(O)ccc1C(=O)N1CCCC12CCCN(Cc1ccccc1)C2=O. The summed E-state index contributed by atoms with van der Waals surface area (Å²) in [7, 11) is 0. The molecular formula is C23H26N2O3. The Morgan fingerprint density at radius 3 is 2.50 bits per heavy atom. The average Bonchev–Trinajstić information content (AvgIpc) is 3.10. The quantitative estimate of drug-likeness (QED) is 0.889. The lowest BCUT2D eigenvalue weighted by atomic mass is 9.84. The molecule has 2 aliphatic rings. The van der Waals surface area contributed by atoms with E-state index in [0.717, 1.165) is 43.4 Å². The predicted molar refractivity (Wildman–Crippen MR) is 107 cm³/mol. The summed E-state index contributed by atoms with van der Waals surface area (Å²) in [5.41, 5.74) is 1.68. The monoisotopic (exact) mass is 378 g/mol. The summed E-state index contributed by atoms with van der Waals surface area (Å²) in [6, 6.07) is 14.8. The van der Waals surface area contributed by atoms with Crippen LogP contribution in [0.25, 0.3) is 0 Å². The van der Waals surface area contributed by atoms with Gasteiger partial charge in [0.15, 0.2) is 0 Å². The smallest absolute Gasteiger partial charge is 0.255 e. The van der Waals surface area contributed by atoms with Gasteiger partial charge in [-0.15, -0.1) is 0 Å². The molecule has 5 heteroatoms. The highest BCUT2D eigenvalue weighted by atomic mass is 16.3. The van der Waals surface area contributed by atoms with Crippen LogP contribution in [-0.4, -0.2) is 45.3 Å². The molecule has 146 valence electrons. The molecule has 2 saturated heterocycles. The van der Waals surface area contributed by atoms with E-state index in [4.69, 9.17) is 0 Å². The van der Waals surface area contributed by atoms with Crippen molar-refractivity contribution in [3.05, 3.63) is 65.2 Å². The molecular weight excluding hydrogens is 352 g/mol. The van der Waals surface area contributed by atoms with Crippen LogP contribution in [-0.2, 0) is 11.3 Å². The molecule has 0 aromatic heterocycles. The molecule has 2 aromatic carbocycles. The number of aromatic hydroxyl groups is 1. The first-order chi connectivity index (χ1) is 13.5. The van der Waals surface area contributed by atoms with E-state index in [1.54, 1.807) is 17.0 Å². The van der Waals surface area contributed by atoms with Crippen LogP contribution in [0, 0.1) is 6.92 Å². The lowest BCUT2D eigenvalue weighted by Gasteiger charge is -2.44. The lowest BCUT2D eigenvalue weighted by molar-refractivity contribution is -0.146. The summed E-state index contributed by atoms with van der Waals surface area (Å²) in [5.74, 6) is 0.114. The van der Waals surface area contributed by atoms with Crippen LogP contribution in [0.3, 0.4) is 0 Å². The van der Waals surface area contributed by atoms with Crippen molar-refractivity contribution < 1.29 is 14.7 Å². The highest BCUT2D eigenvalue weighted by Gasteiger charge is 2.52. The number of nitrogens with zero attached hydrogens (tertiary/aromatic N) is 2. The van der Waals surface area contributed by atoms with Gasteiger partial charge in [0.25, 0.3) is 5.91 Å². The second-order valence-electron chi connectivity index (χ2n) is 7.91. The maximum Gasteiger partial charge on any atom is 0.255 e. The molecule has 0 saturated carbocycles. The topological polar surface area (TPSA) is 60.9 Å². The number of phenols is 1. The third-order valence-corrected chi connectivity index (χ3v) is 6.09. The average molecular weight is 378 g/mol. The maximum atomic E-state index is 13.5. The third kappa shape index (κ3) is 3.15. The van der Waals surface area contributed by atoms with Gasteiger partial charge in [0.1, 0.15) is 11.3 Å². The Morgan fingerprint density at radius 1 is 1.07 bits per heavy atom. The highest BCUT2D eigenvalue weighted by molar-refractivity contribution is 6.01. The Kier molecular flexibility index (Phi) is 4.84. The highest BCUT2D eigenvalue weighted by Crippen LogP contribution is 2.40. The van der Waals surface area contributed by atoms with Gasteiger partial charge in [0.05, 0.1) is 0 Å². The van der Waals surface area contributed by atoms with Gasteiger partial charge < -0.3 is 14.9 Å². The van der Waals surface area contributed by atoms with E-state index in [1.807, 2.05) is 42.2 Å². The Hall–Kier alpha value is -2.82. The number of carbonyl (C=O) groups excluding carboxylic acids is 2. The minimum Gasteiger partial charge on any atom is -0.508 e. The Morgan fingerprint density at radius 2 is 1.79 bits per heavy atom. The first-order valence-corrected chi connectivity index (χ1v) is 9.96. The number of likely N-dealkylation sites (tertiary alicyclic amines) is 2. The number of carbonyl (C=O) groups is 2. The van der Waals surface area contributed by atoms with E-state index >= 15 is 0 Å². The Balaban J connectivity index is 1.61. The van der Waals surface area contributed by atoms with E-state index in [9.17, 15) is 14.7 Å². The number of phenolic OH excluding ortho intramolecular Hbond substituents is 1. The molecule has 1 atom stereocenters. The molecule has 2 fully saturated rings. The van der Waals surface area contributed by atoms with Gasteiger partial charge in [-0.25, -0.2) is 0 Å². The van der Waals surface area contributed by atoms with Crippen molar-refractivity contribution in [3.63, 3.8) is 0 Å². The molecule has 5 nitrogen and oxygen atoms in total. The zero-order chi connectivity index (χ0) is 19.7. The van der Waals surface area contributed by atoms with Gasteiger partial charge in [-0.3, -0.25) is 9.59 Å². The third-order valence-electron chi connectivity index (χ3n) is 6.09. The van der Waals surface area contributed by atoms with Gasteiger partial charge in [0, 0.05) is 25.2 Å². The zero-order valence-corrected chi connectivity index (χ0v) is 16.2. The molecule has 28 heavy (non-hydrogen) atoms. The summed E-state index contributed by atoms with van der Waals surface area (Å²) in [4.78, 5) is 30.6. The second kappa shape index (κ2) is 7.30. The van der Waals surface area contributed by atoms with E-state index in [1.165, 1.54) is 6.07 Å².